The summed E-state index contributed by atoms with van der Waals surface area (Å²) in [7, 11) is 0. The molecule has 0 spiro atoms. The summed E-state index contributed by atoms with van der Waals surface area (Å²) in [5.74, 6) is 0. The van der Waals surface area contributed by atoms with E-state index >= 15 is 0 Å². The van der Waals surface area contributed by atoms with Crippen molar-refractivity contribution in [3.63, 3.8) is 0 Å². The monoisotopic (exact) mass is 242 g/mol. The summed E-state index contributed by atoms with van der Waals surface area (Å²) in [6.45, 7) is 7.78. The maximum Gasteiger partial charge on any atom is 0.0575 e. The first-order valence-corrected chi connectivity index (χ1v) is 7.46. The smallest absolute Gasteiger partial charge is 0.0575 e. The molecule has 0 aliphatic carbocycles. The first-order chi connectivity index (χ1) is 8.43. The van der Waals surface area contributed by atoms with E-state index in [4.69, 9.17) is 4.74 Å². The molecular formula is C14H30N2O. The molecule has 3 heteroatoms. The molecule has 0 radical (unpaired) electrons. The average molecular weight is 242 g/mol. The van der Waals surface area contributed by atoms with Gasteiger partial charge in [-0.3, -0.25) is 0 Å². The molecule has 1 heterocycles. The highest BCUT2D eigenvalue weighted by Gasteiger charge is 2.12. The Bertz CT molecular complexity index is 158. The summed E-state index contributed by atoms with van der Waals surface area (Å²) in [5, 5.41) is 6.92. The van der Waals surface area contributed by atoms with Crippen LogP contribution in [0.4, 0.5) is 0 Å². The zero-order valence-electron chi connectivity index (χ0n) is 11.5. The molecule has 0 saturated carbocycles. The first kappa shape index (κ1) is 14.9. The van der Waals surface area contributed by atoms with Gasteiger partial charge in [-0.25, -0.2) is 0 Å². The summed E-state index contributed by atoms with van der Waals surface area (Å²) >= 11 is 0. The standard InChI is InChI=1S/C14H30N2O/c1-2-9-15-11-6-12-16-10-5-8-14-7-3-4-13-17-14/h14-16H,2-13H2,1H3. The van der Waals surface area contributed by atoms with Gasteiger partial charge in [0.25, 0.3) is 0 Å². The number of rotatable bonds is 10. The molecule has 1 unspecified atom stereocenters. The molecule has 2 N–H and O–H groups in total. The normalized spacial score (nSPS) is 20.6. The van der Waals surface area contributed by atoms with Crippen LogP contribution < -0.4 is 10.6 Å². The van der Waals surface area contributed by atoms with E-state index in [0.717, 1.165) is 32.8 Å². The zero-order valence-corrected chi connectivity index (χ0v) is 11.5. The summed E-state index contributed by atoms with van der Waals surface area (Å²) in [6, 6.07) is 0. The van der Waals surface area contributed by atoms with Gasteiger partial charge < -0.3 is 15.4 Å². The highest BCUT2D eigenvalue weighted by molar-refractivity contribution is 4.64. The van der Waals surface area contributed by atoms with Gasteiger partial charge in [-0.15, -0.1) is 0 Å². The van der Waals surface area contributed by atoms with E-state index in [0.29, 0.717) is 6.10 Å². The predicted molar refractivity (Wildman–Crippen MR) is 73.5 cm³/mol. The van der Waals surface area contributed by atoms with Crippen LogP contribution in [0.1, 0.15) is 51.9 Å². The summed E-state index contributed by atoms with van der Waals surface area (Å²) in [6.07, 6.45) is 9.42. The van der Waals surface area contributed by atoms with Crippen LogP contribution in [0.3, 0.4) is 0 Å². The second-order valence-corrected chi connectivity index (χ2v) is 4.98. The summed E-state index contributed by atoms with van der Waals surface area (Å²) < 4.78 is 5.71. The minimum Gasteiger partial charge on any atom is -0.378 e. The van der Waals surface area contributed by atoms with Crippen molar-refractivity contribution in [3.05, 3.63) is 0 Å². The molecule has 1 atom stereocenters. The lowest BCUT2D eigenvalue weighted by Crippen LogP contribution is -2.24. The van der Waals surface area contributed by atoms with Crippen LogP contribution in [-0.2, 0) is 4.74 Å². The fourth-order valence-electron chi connectivity index (χ4n) is 2.25. The van der Waals surface area contributed by atoms with Crippen molar-refractivity contribution < 1.29 is 4.74 Å². The number of ether oxygens (including phenoxy) is 1. The zero-order chi connectivity index (χ0) is 12.2. The lowest BCUT2D eigenvalue weighted by molar-refractivity contribution is 0.0102. The minimum atomic E-state index is 0.553. The molecule has 0 aromatic carbocycles. The average Bonchev–Trinajstić information content (AvgIpc) is 2.38. The number of hydrogen-bond donors (Lipinski definition) is 2. The van der Waals surface area contributed by atoms with Crippen LogP contribution in [-0.4, -0.2) is 38.9 Å². The maximum atomic E-state index is 5.71. The molecule has 17 heavy (non-hydrogen) atoms. The predicted octanol–water partition coefficient (Wildman–Crippen LogP) is 2.31. The summed E-state index contributed by atoms with van der Waals surface area (Å²) in [5.41, 5.74) is 0. The van der Waals surface area contributed by atoms with Gasteiger partial charge in [-0.2, -0.15) is 0 Å². The van der Waals surface area contributed by atoms with Crippen LogP contribution in [0.5, 0.6) is 0 Å². The highest BCUT2D eigenvalue weighted by Crippen LogP contribution is 2.16. The van der Waals surface area contributed by atoms with Crippen LogP contribution >= 0.6 is 0 Å². The molecule has 1 rings (SSSR count). The van der Waals surface area contributed by atoms with Crippen LogP contribution in [0.15, 0.2) is 0 Å². The van der Waals surface area contributed by atoms with E-state index in [-0.39, 0.29) is 0 Å². The van der Waals surface area contributed by atoms with Crippen LogP contribution in [0.25, 0.3) is 0 Å². The topological polar surface area (TPSA) is 33.3 Å². The molecule has 1 aliphatic rings. The Morgan fingerprint density at radius 3 is 2.47 bits per heavy atom. The molecule has 102 valence electrons. The fourth-order valence-corrected chi connectivity index (χ4v) is 2.25. The van der Waals surface area contributed by atoms with Gasteiger partial charge in [0.15, 0.2) is 0 Å². The molecule has 0 aromatic rings. The molecule has 0 amide bonds. The van der Waals surface area contributed by atoms with Crippen molar-refractivity contribution in [3.8, 4) is 0 Å². The molecule has 0 aromatic heterocycles. The van der Waals surface area contributed by atoms with Crippen molar-refractivity contribution >= 4 is 0 Å². The maximum absolute atomic E-state index is 5.71. The Balaban J connectivity index is 1.75. The van der Waals surface area contributed by atoms with E-state index in [1.165, 1.54) is 44.9 Å². The van der Waals surface area contributed by atoms with Gasteiger partial charge in [0.05, 0.1) is 6.10 Å². The van der Waals surface area contributed by atoms with Crippen molar-refractivity contribution in [1.29, 1.82) is 0 Å². The SMILES string of the molecule is CCCNCCCNCCCC1CCCCO1. The van der Waals surface area contributed by atoms with Crippen molar-refractivity contribution in [2.75, 3.05) is 32.8 Å². The van der Waals surface area contributed by atoms with E-state index in [1.54, 1.807) is 0 Å². The van der Waals surface area contributed by atoms with Gasteiger partial charge in [0, 0.05) is 6.61 Å². The van der Waals surface area contributed by atoms with Gasteiger partial charge in [0.1, 0.15) is 0 Å². The molecule has 0 bridgehead atoms. The fraction of sp³-hybridized carbons (Fsp3) is 1.00. The molecule has 3 nitrogen and oxygen atoms in total. The third-order valence-corrected chi connectivity index (χ3v) is 3.29. The van der Waals surface area contributed by atoms with Crippen molar-refractivity contribution in [2.45, 2.75) is 58.0 Å². The Labute approximate surface area is 107 Å². The second kappa shape index (κ2) is 11.0. The van der Waals surface area contributed by atoms with Crippen molar-refractivity contribution in [1.82, 2.24) is 10.6 Å². The quantitative estimate of drug-likeness (QED) is 0.577. The van der Waals surface area contributed by atoms with Gasteiger partial charge in [-0.1, -0.05) is 6.92 Å². The lowest BCUT2D eigenvalue weighted by atomic mass is 10.0. The first-order valence-electron chi connectivity index (χ1n) is 7.46. The third-order valence-electron chi connectivity index (χ3n) is 3.29. The van der Waals surface area contributed by atoms with Gasteiger partial charge >= 0.3 is 0 Å². The van der Waals surface area contributed by atoms with E-state index in [9.17, 15) is 0 Å². The Morgan fingerprint density at radius 1 is 1.00 bits per heavy atom. The van der Waals surface area contributed by atoms with Crippen molar-refractivity contribution in [2.24, 2.45) is 0 Å². The van der Waals surface area contributed by atoms with Crippen LogP contribution in [0.2, 0.25) is 0 Å². The molecule has 1 saturated heterocycles. The largest absolute Gasteiger partial charge is 0.378 e. The van der Waals surface area contributed by atoms with E-state index in [2.05, 4.69) is 17.6 Å². The minimum absolute atomic E-state index is 0.553. The lowest BCUT2D eigenvalue weighted by Gasteiger charge is -2.22. The molecule has 1 aliphatic heterocycles. The molecule has 1 fully saturated rings. The number of hydrogen-bond acceptors (Lipinski definition) is 3. The third kappa shape index (κ3) is 8.58. The second-order valence-electron chi connectivity index (χ2n) is 4.98. The van der Waals surface area contributed by atoms with Gasteiger partial charge in [-0.05, 0) is 71.1 Å². The summed E-state index contributed by atoms with van der Waals surface area (Å²) in [4.78, 5) is 0. The molecular weight excluding hydrogens is 212 g/mol. The van der Waals surface area contributed by atoms with Crippen LogP contribution in [0, 0.1) is 0 Å². The van der Waals surface area contributed by atoms with E-state index in [1.807, 2.05) is 0 Å². The Kier molecular flexibility index (Phi) is 9.66. The van der Waals surface area contributed by atoms with E-state index < -0.39 is 0 Å². The Hall–Kier alpha value is -0.120. The number of nitrogens with one attached hydrogen (secondary N) is 2. The highest BCUT2D eigenvalue weighted by atomic mass is 16.5. The Morgan fingerprint density at radius 2 is 1.76 bits per heavy atom. The van der Waals surface area contributed by atoms with Gasteiger partial charge in [0.2, 0.25) is 0 Å².